The molecule has 1 heterocycles. The average Bonchev–Trinajstić information content (AvgIpc) is 3.13. The van der Waals surface area contributed by atoms with Gasteiger partial charge in [0.15, 0.2) is 0 Å². The molecule has 0 atom stereocenters. The van der Waals surface area contributed by atoms with Crippen LogP contribution in [0.5, 0.6) is 0 Å². The van der Waals surface area contributed by atoms with E-state index in [2.05, 4.69) is 17.1 Å². The highest BCUT2D eigenvalue weighted by Crippen LogP contribution is 2.30. The van der Waals surface area contributed by atoms with Crippen molar-refractivity contribution in [3.05, 3.63) is 54.2 Å². The summed E-state index contributed by atoms with van der Waals surface area (Å²) in [6.07, 6.45) is 4.07. The molecule has 26 heavy (non-hydrogen) atoms. The van der Waals surface area contributed by atoms with Crippen LogP contribution in [0.2, 0.25) is 0 Å². The van der Waals surface area contributed by atoms with Crippen molar-refractivity contribution in [2.75, 3.05) is 4.31 Å². The number of anilines is 1. The standard InChI is InChI=1S/C20H25N3O2S/c1-4-15-7-9-18(10-8-15)23(17(5-2)6-3)26(24,25)19-11-12-20-16(13-19)14-21-22-20/h7-14,17H,4-6H2,1-3H3,(H,21,22). The fourth-order valence-corrected chi connectivity index (χ4v) is 5.07. The SMILES string of the molecule is CCc1ccc(N(C(CC)CC)S(=O)(=O)c2ccc3[nH]ncc3c2)cc1. The molecular weight excluding hydrogens is 346 g/mol. The van der Waals surface area contributed by atoms with E-state index < -0.39 is 10.0 Å². The highest BCUT2D eigenvalue weighted by Gasteiger charge is 2.30. The van der Waals surface area contributed by atoms with Crippen LogP contribution < -0.4 is 4.31 Å². The highest BCUT2D eigenvalue weighted by molar-refractivity contribution is 7.92. The molecule has 6 heteroatoms. The van der Waals surface area contributed by atoms with Crippen molar-refractivity contribution in [3.63, 3.8) is 0 Å². The molecule has 3 aromatic rings. The zero-order valence-electron chi connectivity index (χ0n) is 15.4. The van der Waals surface area contributed by atoms with Crippen molar-refractivity contribution >= 4 is 26.6 Å². The van der Waals surface area contributed by atoms with Crippen LogP contribution in [0.25, 0.3) is 10.9 Å². The summed E-state index contributed by atoms with van der Waals surface area (Å²) in [7, 11) is -3.67. The minimum absolute atomic E-state index is 0.0903. The molecule has 0 amide bonds. The molecular formula is C20H25N3O2S. The van der Waals surface area contributed by atoms with Gasteiger partial charge in [-0.1, -0.05) is 32.9 Å². The van der Waals surface area contributed by atoms with Gasteiger partial charge in [0, 0.05) is 11.4 Å². The van der Waals surface area contributed by atoms with Crippen LogP contribution in [-0.4, -0.2) is 24.7 Å². The normalized spacial score (nSPS) is 12.0. The summed E-state index contributed by atoms with van der Waals surface area (Å²) in [6, 6.07) is 12.8. The summed E-state index contributed by atoms with van der Waals surface area (Å²) < 4.78 is 28.6. The van der Waals surface area contributed by atoms with Crippen LogP contribution >= 0.6 is 0 Å². The van der Waals surface area contributed by atoms with E-state index in [4.69, 9.17) is 0 Å². The summed E-state index contributed by atoms with van der Waals surface area (Å²) in [6.45, 7) is 6.14. The number of aryl methyl sites for hydroxylation is 1. The summed E-state index contributed by atoms with van der Waals surface area (Å²) in [5.74, 6) is 0. The Hall–Kier alpha value is -2.34. The molecule has 0 fully saturated rings. The lowest BCUT2D eigenvalue weighted by Crippen LogP contribution is -2.39. The summed E-state index contributed by atoms with van der Waals surface area (Å²) in [5, 5.41) is 7.63. The summed E-state index contributed by atoms with van der Waals surface area (Å²) >= 11 is 0. The number of hydrogen-bond acceptors (Lipinski definition) is 3. The fourth-order valence-electron chi connectivity index (χ4n) is 3.24. The van der Waals surface area contributed by atoms with Gasteiger partial charge in [-0.25, -0.2) is 8.42 Å². The summed E-state index contributed by atoms with van der Waals surface area (Å²) in [5.41, 5.74) is 2.73. The van der Waals surface area contributed by atoms with E-state index in [0.717, 1.165) is 30.2 Å². The second kappa shape index (κ2) is 7.50. The van der Waals surface area contributed by atoms with E-state index in [9.17, 15) is 8.42 Å². The van der Waals surface area contributed by atoms with Gasteiger partial charge in [-0.05, 0) is 55.2 Å². The zero-order valence-corrected chi connectivity index (χ0v) is 16.3. The van der Waals surface area contributed by atoms with E-state index in [-0.39, 0.29) is 10.9 Å². The number of aromatic amines is 1. The fraction of sp³-hybridized carbons (Fsp3) is 0.350. The van der Waals surface area contributed by atoms with E-state index in [1.54, 1.807) is 28.7 Å². The Morgan fingerprint density at radius 3 is 2.35 bits per heavy atom. The first-order valence-corrected chi connectivity index (χ1v) is 10.5. The smallest absolute Gasteiger partial charge is 0.264 e. The molecule has 0 aliphatic heterocycles. The van der Waals surface area contributed by atoms with Gasteiger partial charge in [0.2, 0.25) is 0 Å². The molecule has 0 bridgehead atoms. The lowest BCUT2D eigenvalue weighted by molar-refractivity contribution is 0.561. The molecule has 2 aromatic carbocycles. The third kappa shape index (κ3) is 3.33. The molecule has 0 aliphatic rings. The van der Waals surface area contributed by atoms with Crippen molar-refractivity contribution in [1.29, 1.82) is 0 Å². The monoisotopic (exact) mass is 371 g/mol. The molecule has 5 nitrogen and oxygen atoms in total. The molecule has 0 aliphatic carbocycles. The van der Waals surface area contributed by atoms with Crippen molar-refractivity contribution in [2.45, 2.75) is 51.0 Å². The Morgan fingerprint density at radius 2 is 1.73 bits per heavy atom. The van der Waals surface area contributed by atoms with Crippen LogP contribution in [0.1, 0.15) is 39.2 Å². The first kappa shape index (κ1) is 18.5. The maximum Gasteiger partial charge on any atom is 0.264 e. The lowest BCUT2D eigenvalue weighted by atomic mass is 10.1. The molecule has 0 saturated heterocycles. The van der Waals surface area contributed by atoms with Crippen LogP contribution in [0.4, 0.5) is 5.69 Å². The van der Waals surface area contributed by atoms with Gasteiger partial charge < -0.3 is 0 Å². The quantitative estimate of drug-likeness (QED) is 0.664. The minimum Gasteiger partial charge on any atom is -0.278 e. The van der Waals surface area contributed by atoms with Crippen molar-refractivity contribution < 1.29 is 8.42 Å². The molecule has 0 radical (unpaired) electrons. The van der Waals surface area contributed by atoms with Crippen LogP contribution in [-0.2, 0) is 16.4 Å². The number of fused-ring (bicyclic) bond motifs is 1. The van der Waals surface area contributed by atoms with E-state index in [0.29, 0.717) is 5.69 Å². The summed E-state index contributed by atoms with van der Waals surface area (Å²) in [4.78, 5) is 0.290. The molecule has 0 unspecified atom stereocenters. The van der Waals surface area contributed by atoms with Gasteiger partial charge in [0.25, 0.3) is 10.0 Å². The molecule has 0 saturated carbocycles. The topological polar surface area (TPSA) is 66.1 Å². The highest BCUT2D eigenvalue weighted by atomic mass is 32.2. The second-order valence-corrected chi connectivity index (χ2v) is 8.23. The Balaban J connectivity index is 2.11. The number of aromatic nitrogens is 2. The van der Waals surface area contributed by atoms with Gasteiger partial charge in [0.1, 0.15) is 0 Å². The maximum absolute atomic E-state index is 13.5. The van der Waals surface area contributed by atoms with Crippen molar-refractivity contribution in [2.24, 2.45) is 0 Å². The third-order valence-corrected chi connectivity index (χ3v) is 6.72. The number of rotatable bonds is 7. The maximum atomic E-state index is 13.5. The van der Waals surface area contributed by atoms with E-state index in [1.807, 2.05) is 38.1 Å². The van der Waals surface area contributed by atoms with Gasteiger partial charge in [-0.15, -0.1) is 0 Å². The van der Waals surface area contributed by atoms with Crippen molar-refractivity contribution in [1.82, 2.24) is 10.2 Å². The third-order valence-electron chi connectivity index (χ3n) is 4.84. The first-order chi connectivity index (χ1) is 12.5. The number of nitrogens with zero attached hydrogens (tertiary/aromatic N) is 2. The van der Waals surface area contributed by atoms with Gasteiger partial charge >= 0.3 is 0 Å². The van der Waals surface area contributed by atoms with E-state index >= 15 is 0 Å². The molecule has 0 spiro atoms. The number of hydrogen-bond donors (Lipinski definition) is 1. The number of benzene rings is 2. The Labute approximate surface area is 155 Å². The van der Waals surface area contributed by atoms with Crippen LogP contribution in [0, 0.1) is 0 Å². The molecule has 1 aromatic heterocycles. The van der Waals surface area contributed by atoms with E-state index in [1.165, 1.54) is 5.56 Å². The lowest BCUT2D eigenvalue weighted by Gasteiger charge is -2.32. The number of nitrogens with one attached hydrogen (secondary N) is 1. The second-order valence-electron chi connectivity index (χ2n) is 6.41. The average molecular weight is 372 g/mol. The minimum atomic E-state index is -3.67. The van der Waals surface area contributed by atoms with Gasteiger partial charge in [0.05, 0.1) is 22.3 Å². The largest absolute Gasteiger partial charge is 0.278 e. The predicted molar refractivity (Wildman–Crippen MR) is 106 cm³/mol. The predicted octanol–water partition coefficient (Wildman–Crippen LogP) is 4.51. The Morgan fingerprint density at radius 1 is 1.04 bits per heavy atom. The van der Waals surface area contributed by atoms with Gasteiger partial charge in [-0.3, -0.25) is 9.40 Å². The molecule has 3 rings (SSSR count). The molecule has 1 N–H and O–H groups in total. The molecule has 138 valence electrons. The zero-order chi connectivity index (χ0) is 18.7. The Bertz CT molecular complexity index is 974. The number of sulfonamides is 1. The Kier molecular flexibility index (Phi) is 5.32. The first-order valence-electron chi connectivity index (χ1n) is 9.07. The van der Waals surface area contributed by atoms with Crippen molar-refractivity contribution in [3.8, 4) is 0 Å². The number of H-pyrrole nitrogens is 1. The van der Waals surface area contributed by atoms with Crippen LogP contribution in [0.15, 0.2) is 53.6 Å². The van der Waals surface area contributed by atoms with Gasteiger partial charge in [-0.2, -0.15) is 5.10 Å². The van der Waals surface area contributed by atoms with Crippen LogP contribution in [0.3, 0.4) is 0 Å².